The predicted octanol–water partition coefficient (Wildman–Crippen LogP) is 1.19. The number of aromatic nitrogens is 4. The van der Waals surface area contributed by atoms with Gasteiger partial charge in [-0.1, -0.05) is 0 Å². The number of nitrogens with zero attached hydrogens (tertiary/aromatic N) is 3. The van der Waals surface area contributed by atoms with Crippen molar-refractivity contribution >= 4 is 11.2 Å². The summed E-state index contributed by atoms with van der Waals surface area (Å²) in [5.41, 5.74) is 1.78. The van der Waals surface area contributed by atoms with Crippen molar-refractivity contribution in [1.29, 1.82) is 5.26 Å². The molecule has 0 atom stereocenters. The second kappa shape index (κ2) is 4.51. The normalized spacial score (nSPS) is 10.4. The Hall–Kier alpha value is -3.14. The number of rotatable bonds is 2. The summed E-state index contributed by atoms with van der Waals surface area (Å²) in [6, 6.07) is 7.08. The Bertz CT molecular complexity index is 888. The average molecular weight is 267 g/mol. The van der Waals surface area contributed by atoms with E-state index in [1.54, 1.807) is 18.2 Å². The Morgan fingerprint density at radius 1 is 1.35 bits per heavy atom. The smallest absolute Gasteiger partial charge is 0.346 e. The van der Waals surface area contributed by atoms with Gasteiger partial charge in [-0.05, 0) is 18.2 Å². The van der Waals surface area contributed by atoms with Gasteiger partial charge in [0, 0.05) is 0 Å². The molecule has 0 aliphatic heterocycles. The molecular formula is C13H9N5O2. The molecule has 0 radical (unpaired) electrons. The van der Waals surface area contributed by atoms with Gasteiger partial charge in [-0.2, -0.15) is 10.2 Å². The Labute approximate surface area is 112 Å². The van der Waals surface area contributed by atoms with E-state index >= 15 is 0 Å². The monoisotopic (exact) mass is 267 g/mol. The van der Waals surface area contributed by atoms with Gasteiger partial charge in [0.25, 0.3) is 0 Å². The van der Waals surface area contributed by atoms with Crippen molar-refractivity contribution in [2.45, 2.75) is 0 Å². The molecule has 0 unspecified atom stereocenters. The van der Waals surface area contributed by atoms with Gasteiger partial charge in [0.05, 0.1) is 30.5 Å². The highest BCUT2D eigenvalue weighted by Crippen LogP contribution is 2.29. The van der Waals surface area contributed by atoms with Crippen LogP contribution in [-0.2, 0) is 0 Å². The largest absolute Gasteiger partial charge is 0.496 e. The highest BCUT2D eigenvalue weighted by molar-refractivity contribution is 5.77. The summed E-state index contributed by atoms with van der Waals surface area (Å²) in [7, 11) is 1.52. The van der Waals surface area contributed by atoms with Crippen LogP contribution in [0.3, 0.4) is 0 Å². The van der Waals surface area contributed by atoms with Crippen LogP contribution in [0.15, 0.2) is 29.2 Å². The molecule has 0 fully saturated rings. The zero-order chi connectivity index (χ0) is 14.1. The molecular weight excluding hydrogens is 258 g/mol. The number of nitriles is 1. The number of methoxy groups -OCH3 is 1. The van der Waals surface area contributed by atoms with Crippen molar-refractivity contribution in [3.05, 3.63) is 40.4 Å². The minimum Gasteiger partial charge on any atom is -0.496 e. The highest BCUT2D eigenvalue weighted by atomic mass is 16.5. The first-order valence-corrected chi connectivity index (χ1v) is 5.75. The quantitative estimate of drug-likeness (QED) is 0.725. The molecule has 0 amide bonds. The molecule has 3 aromatic rings. The fourth-order valence-corrected chi connectivity index (χ4v) is 1.92. The summed E-state index contributed by atoms with van der Waals surface area (Å²) in [5.74, 6) is 1.06. The van der Waals surface area contributed by atoms with Crippen molar-refractivity contribution in [1.82, 2.24) is 19.9 Å². The first kappa shape index (κ1) is 11.9. The first-order valence-electron chi connectivity index (χ1n) is 5.75. The van der Waals surface area contributed by atoms with Crippen LogP contribution in [0.2, 0.25) is 0 Å². The first-order chi connectivity index (χ1) is 9.71. The van der Waals surface area contributed by atoms with Crippen LogP contribution >= 0.6 is 0 Å². The maximum Gasteiger partial charge on any atom is 0.346 e. The van der Waals surface area contributed by atoms with E-state index in [9.17, 15) is 4.79 Å². The number of H-pyrrole nitrogens is 2. The predicted molar refractivity (Wildman–Crippen MR) is 71.2 cm³/mol. The standard InChI is InChI=1S/C13H9N5O2/c1-20-10-4-7(5-14)2-3-8(10)11-16-9-6-15-13(19)18-12(9)17-11/h2-4,6H,1H3,(H2,15,16,17,18,19). The number of hydrogen-bond acceptors (Lipinski definition) is 5. The molecule has 3 rings (SSSR count). The van der Waals surface area contributed by atoms with Gasteiger partial charge in [-0.3, -0.25) is 4.98 Å². The van der Waals surface area contributed by atoms with Crippen LogP contribution in [-0.4, -0.2) is 27.0 Å². The molecule has 7 nitrogen and oxygen atoms in total. The van der Waals surface area contributed by atoms with Gasteiger partial charge in [0.15, 0.2) is 5.65 Å². The Morgan fingerprint density at radius 2 is 2.20 bits per heavy atom. The lowest BCUT2D eigenvalue weighted by atomic mass is 10.1. The van der Waals surface area contributed by atoms with Gasteiger partial charge >= 0.3 is 5.69 Å². The van der Waals surface area contributed by atoms with Crippen LogP contribution in [0.1, 0.15) is 5.56 Å². The summed E-state index contributed by atoms with van der Waals surface area (Å²) >= 11 is 0. The van der Waals surface area contributed by atoms with Crippen molar-refractivity contribution < 1.29 is 4.74 Å². The molecule has 0 aliphatic carbocycles. The lowest BCUT2D eigenvalue weighted by Gasteiger charge is -2.05. The fraction of sp³-hybridized carbons (Fsp3) is 0.0769. The molecule has 1 aromatic carbocycles. The van der Waals surface area contributed by atoms with E-state index in [1.807, 2.05) is 6.07 Å². The van der Waals surface area contributed by atoms with Crippen LogP contribution < -0.4 is 10.4 Å². The molecule has 2 aromatic heterocycles. The molecule has 0 saturated carbocycles. The molecule has 0 spiro atoms. The molecule has 7 heteroatoms. The Kier molecular flexibility index (Phi) is 2.69. The van der Waals surface area contributed by atoms with E-state index in [0.717, 1.165) is 0 Å². The maximum absolute atomic E-state index is 11.2. The van der Waals surface area contributed by atoms with E-state index in [0.29, 0.717) is 33.9 Å². The van der Waals surface area contributed by atoms with Gasteiger partial charge < -0.3 is 9.72 Å². The third kappa shape index (κ3) is 1.89. The van der Waals surface area contributed by atoms with E-state index in [4.69, 9.17) is 10.00 Å². The van der Waals surface area contributed by atoms with Gasteiger partial charge in [-0.15, -0.1) is 0 Å². The summed E-state index contributed by atoms with van der Waals surface area (Å²) in [4.78, 5) is 24.7. The van der Waals surface area contributed by atoms with Crippen molar-refractivity contribution in [3.8, 4) is 23.2 Å². The maximum atomic E-state index is 11.2. The van der Waals surface area contributed by atoms with Crippen LogP contribution in [0.4, 0.5) is 0 Å². The second-order valence-corrected chi connectivity index (χ2v) is 4.06. The summed E-state index contributed by atoms with van der Waals surface area (Å²) in [5, 5.41) is 8.89. The molecule has 2 heterocycles. The van der Waals surface area contributed by atoms with Gasteiger partial charge in [0.1, 0.15) is 17.1 Å². The van der Waals surface area contributed by atoms with Crippen molar-refractivity contribution in [2.24, 2.45) is 0 Å². The zero-order valence-corrected chi connectivity index (χ0v) is 10.5. The number of benzene rings is 1. The Morgan fingerprint density at radius 3 is 2.95 bits per heavy atom. The molecule has 0 bridgehead atoms. The average Bonchev–Trinajstić information content (AvgIpc) is 2.89. The number of fused-ring (bicyclic) bond motifs is 1. The van der Waals surface area contributed by atoms with E-state index in [-0.39, 0.29) is 0 Å². The number of aromatic amines is 2. The molecule has 98 valence electrons. The molecule has 0 aliphatic rings. The van der Waals surface area contributed by atoms with Crippen molar-refractivity contribution in [2.75, 3.05) is 7.11 Å². The molecule has 2 N–H and O–H groups in total. The van der Waals surface area contributed by atoms with Crippen LogP contribution in [0.25, 0.3) is 22.6 Å². The van der Waals surface area contributed by atoms with Gasteiger partial charge in [0.2, 0.25) is 0 Å². The van der Waals surface area contributed by atoms with E-state index < -0.39 is 5.69 Å². The minimum atomic E-state index is -0.456. The second-order valence-electron chi connectivity index (χ2n) is 4.06. The SMILES string of the molecule is COc1cc(C#N)ccc1-c1nc2[nH]c(=O)ncc2[nH]1. The minimum absolute atomic E-state index is 0.423. The summed E-state index contributed by atoms with van der Waals surface area (Å²) < 4.78 is 5.26. The van der Waals surface area contributed by atoms with Crippen LogP contribution in [0, 0.1) is 11.3 Å². The molecule has 20 heavy (non-hydrogen) atoms. The topological polar surface area (TPSA) is 107 Å². The fourth-order valence-electron chi connectivity index (χ4n) is 1.92. The Balaban J connectivity index is 2.20. The lowest BCUT2D eigenvalue weighted by molar-refractivity contribution is 0.416. The van der Waals surface area contributed by atoms with E-state index in [1.165, 1.54) is 13.3 Å². The van der Waals surface area contributed by atoms with E-state index in [2.05, 4.69) is 19.9 Å². The van der Waals surface area contributed by atoms with Gasteiger partial charge in [-0.25, -0.2) is 9.78 Å². The molecule has 0 saturated heterocycles. The summed E-state index contributed by atoms with van der Waals surface area (Å²) in [6.07, 6.45) is 1.42. The lowest BCUT2D eigenvalue weighted by Crippen LogP contribution is -2.08. The number of ether oxygens (including phenoxy) is 1. The number of imidazole rings is 1. The number of hydrogen-bond donors (Lipinski definition) is 2. The third-order valence-corrected chi connectivity index (χ3v) is 2.85. The highest BCUT2D eigenvalue weighted by Gasteiger charge is 2.12. The van der Waals surface area contributed by atoms with Crippen LogP contribution in [0.5, 0.6) is 5.75 Å². The number of nitrogens with one attached hydrogen (secondary N) is 2. The summed E-state index contributed by atoms with van der Waals surface area (Å²) in [6.45, 7) is 0. The van der Waals surface area contributed by atoms with Crippen molar-refractivity contribution in [3.63, 3.8) is 0 Å². The third-order valence-electron chi connectivity index (χ3n) is 2.85. The zero-order valence-electron chi connectivity index (χ0n) is 10.5.